The molecular formula is C10H12ClN3O. The standard InChI is InChI=1S/C10H12ClN3O/c1-6-2-3-8(12)10(13-6)14-5-7(11)4-9(14)15/h2-3,7H,4-5,12H2,1H3. The van der Waals surface area contributed by atoms with Crippen LogP contribution in [0.25, 0.3) is 0 Å². The molecule has 2 heterocycles. The molecule has 80 valence electrons. The zero-order valence-electron chi connectivity index (χ0n) is 8.40. The van der Waals surface area contributed by atoms with E-state index in [1.54, 1.807) is 11.0 Å². The van der Waals surface area contributed by atoms with Gasteiger partial charge in [0.25, 0.3) is 0 Å². The fourth-order valence-electron chi connectivity index (χ4n) is 1.64. The topological polar surface area (TPSA) is 59.2 Å². The minimum Gasteiger partial charge on any atom is -0.396 e. The molecule has 2 rings (SSSR count). The molecule has 1 saturated heterocycles. The molecular weight excluding hydrogens is 214 g/mol. The number of alkyl halides is 1. The van der Waals surface area contributed by atoms with E-state index in [0.717, 1.165) is 5.69 Å². The number of amides is 1. The van der Waals surface area contributed by atoms with Gasteiger partial charge < -0.3 is 5.73 Å². The zero-order valence-corrected chi connectivity index (χ0v) is 9.16. The highest BCUT2D eigenvalue weighted by molar-refractivity contribution is 6.24. The number of carbonyl (C=O) groups excluding carboxylic acids is 1. The number of nitrogens with two attached hydrogens (primary N) is 1. The number of nitrogen functional groups attached to an aromatic ring is 1. The molecule has 1 aliphatic rings. The second kappa shape index (κ2) is 3.70. The van der Waals surface area contributed by atoms with Gasteiger partial charge >= 0.3 is 0 Å². The van der Waals surface area contributed by atoms with Gasteiger partial charge in [0.2, 0.25) is 5.91 Å². The fourth-order valence-corrected chi connectivity index (χ4v) is 1.91. The maximum absolute atomic E-state index is 11.6. The summed E-state index contributed by atoms with van der Waals surface area (Å²) in [5.74, 6) is 0.517. The lowest BCUT2D eigenvalue weighted by Gasteiger charge is -2.16. The predicted molar refractivity (Wildman–Crippen MR) is 60.0 cm³/mol. The highest BCUT2D eigenvalue weighted by Crippen LogP contribution is 2.27. The number of aryl methyl sites for hydroxylation is 1. The molecule has 0 aromatic carbocycles. The molecule has 0 radical (unpaired) electrons. The summed E-state index contributed by atoms with van der Waals surface area (Å²) in [5.41, 5.74) is 7.13. The van der Waals surface area contributed by atoms with Crippen LogP contribution in [0.1, 0.15) is 12.1 Å². The maximum atomic E-state index is 11.6. The molecule has 4 nitrogen and oxygen atoms in total. The molecule has 1 aromatic heterocycles. The van der Waals surface area contributed by atoms with Crippen LogP contribution < -0.4 is 10.6 Å². The number of aromatic nitrogens is 1. The number of pyridine rings is 1. The zero-order chi connectivity index (χ0) is 11.0. The predicted octanol–water partition coefficient (Wildman–Crippen LogP) is 1.32. The van der Waals surface area contributed by atoms with Gasteiger partial charge in [0.15, 0.2) is 5.82 Å². The Hall–Kier alpha value is -1.29. The van der Waals surface area contributed by atoms with E-state index in [0.29, 0.717) is 24.5 Å². The van der Waals surface area contributed by atoms with Crippen LogP contribution in [-0.2, 0) is 4.79 Å². The lowest BCUT2D eigenvalue weighted by molar-refractivity contribution is -0.117. The number of rotatable bonds is 1. The van der Waals surface area contributed by atoms with Crippen LogP contribution in [0, 0.1) is 6.92 Å². The van der Waals surface area contributed by atoms with Gasteiger partial charge in [-0.2, -0.15) is 0 Å². The van der Waals surface area contributed by atoms with E-state index in [9.17, 15) is 4.79 Å². The lowest BCUT2D eigenvalue weighted by atomic mass is 10.3. The Bertz CT molecular complexity index is 408. The van der Waals surface area contributed by atoms with E-state index < -0.39 is 0 Å². The highest BCUT2D eigenvalue weighted by Gasteiger charge is 2.31. The van der Waals surface area contributed by atoms with Gasteiger partial charge in [0, 0.05) is 18.7 Å². The van der Waals surface area contributed by atoms with Crippen molar-refractivity contribution in [3.8, 4) is 0 Å². The summed E-state index contributed by atoms with van der Waals surface area (Å²) in [5, 5.41) is -0.140. The van der Waals surface area contributed by atoms with Crippen molar-refractivity contribution in [3.05, 3.63) is 17.8 Å². The largest absolute Gasteiger partial charge is 0.396 e. The summed E-state index contributed by atoms with van der Waals surface area (Å²) >= 11 is 5.91. The molecule has 1 aromatic rings. The Balaban J connectivity index is 2.37. The van der Waals surface area contributed by atoms with Gasteiger partial charge in [0.05, 0.1) is 11.1 Å². The van der Waals surface area contributed by atoms with Crippen LogP contribution in [0.3, 0.4) is 0 Å². The molecule has 1 atom stereocenters. The molecule has 15 heavy (non-hydrogen) atoms. The van der Waals surface area contributed by atoms with Crippen LogP contribution in [0.5, 0.6) is 0 Å². The summed E-state index contributed by atoms with van der Waals surface area (Å²) in [4.78, 5) is 17.4. The smallest absolute Gasteiger partial charge is 0.229 e. The summed E-state index contributed by atoms with van der Waals surface area (Å²) < 4.78 is 0. The average Bonchev–Trinajstić information content (AvgIpc) is 2.50. The first kappa shape index (κ1) is 10.2. The first-order chi connectivity index (χ1) is 7.08. The van der Waals surface area contributed by atoms with E-state index in [4.69, 9.17) is 17.3 Å². The van der Waals surface area contributed by atoms with Crippen LogP contribution in [0.2, 0.25) is 0 Å². The van der Waals surface area contributed by atoms with Crippen molar-refractivity contribution < 1.29 is 4.79 Å². The van der Waals surface area contributed by atoms with Crippen molar-refractivity contribution in [2.75, 3.05) is 17.2 Å². The van der Waals surface area contributed by atoms with Crippen molar-refractivity contribution in [3.63, 3.8) is 0 Å². The van der Waals surface area contributed by atoms with Gasteiger partial charge in [0.1, 0.15) is 0 Å². The van der Waals surface area contributed by atoms with Crippen molar-refractivity contribution in [1.29, 1.82) is 0 Å². The Labute approximate surface area is 93.0 Å². The maximum Gasteiger partial charge on any atom is 0.229 e. The first-order valence-corrected chi connectivity index (χ1v) is 5.19. The molecule has 2 N–H and O–H groups in total. The third-order valence-corrected chi connectivity index (χ3v) is 2.67. The lowest BCUT2D eigenvalue weighted by Crippen LogP contribution is -2.26. The van der Waals surface area contributed by atoms with Crippen molar-refractivity contribution in [2.24, 2.45) is 0 Å². The Morgan fingerprint density at radius 3 is 2.93 bits per heavy atom. The number of nitrogens with zero attached hydrogens (tertiary/aromatic N) is 2. The Morgan fingerprint density at radius 2 is 2.33 bits per heavy atom. The van der Waals surface area contributed by atoms with Gasteiger partial charge in [-0.15, -0.1) is 11.6 Å². The second-order valence-electron chi connectivity index (χ2n) is 3.67. The van der Waals surface area contributed by atoms with Crippen molar-refractivity contribution in [1.82, 2.24) is 4.98 Å². The first-order valence-electron chi connectivity index (χ1n) is 4.75. The SMILES string of the molecule is Cc1ccc(N)c(N2CC(Cl)CC2=O)n1. The molecule has 1 amide bonds. The number of hydrogen-bond donors (Lipinski definition) is 1. The van der Waals surface area contributed by atoms with Gasteiger partial charge in [-0.1, -0.05) is 0 Å². The summed E-state index contributed by atoms with van der Waals surface area (Å²) in [6, 6.07) is 3.57. The third kappa shape index (κ3) is 1.90. The molecule has 0 saturated carbocycles. The quantitative estimate of drug-likeness (QED) is 0.734. The molecule has 1 unspecified atom stereocenters. The van der Waals surface area contributed by atoms with E-state index in [1.807, 2.05) is 13.0 Å². The molecule has 5 heteroatoms. The Morgan fingerprint density at radius 1 is 1.60 bits per heavy atom. The van der Waals surface area contributed by atoms with Gasteiger partial charge in [-0.25, -0.2) is 4.98 Å². The minimum absolute atomic E-state index is 0.0141. The second-order valence-corrected chi connectivity index (χ2v) is 4.29. The average molecular weight is 226 g/mol. The molecule has 1 fully saturated rings. The van der Waals surface area contributed by atoms with E-state index in [-0.39, 0.29) is 11.3 Å². The van der Waals surface area contributed by atoms with Gasteiger partial charge in [-0.3, -0.25) is 9.69 Å². The van der Waals surface area contributed by atoms with Crippen LogP contribution >= 0.6 is 11.6 Å². The normalized spacial score (nSPS) is 21.1. The number of carbonyl (C=O) groups is 1. The molecule has 0 aliphatic carbocycles. The van der Waals surface area contributed by atoms with E-state index in [1.165, 1.54) is 0 Å². The van der Waals surface area contributed by atoms with Crippen LogP contribution in [-0.4, -0.2) is 22.8 Å². The fraction of sp³-hybridized carbons (Fsp3) is 0.400. The minimum atomic E-state index is -0.140. The third-order valence-electron chi connectivity index (χ3n) is 2.38. The van der Waals surface area contributed by atoms with E-state index in [2.05, 4.69) is 4.98 Å². The summed E-state index contributed by atoms with van der Waals surface area (Å²) in [7, 11) is 0. The summed E-state index contributed by atoms with van der Waals surface area (Å²) in [6.45, 7) is 2.35. The molecule has 0 bridgehead atoms. The summed E-state index contributed by atoms with van der Waals surface area (Å²) in [6.07, 6.45) is 0.358. The molecule has 1 aliphatic heterocycles. The van der Waals surface area contributed by atoms with Crippen molar-refractivity contribution in [2.45, 2.75) is 18.7 Å². The number of halogens is 1. The van der Waals surface area contributed by atoms with Crippen molar-refractivity contribution >= 4 is 29.0 Å². The Kier molecular flexibility index (Phi) is 2.52. The highest BCUT2D eigenvalue weighted by atomic mass is 35.5. The van der Waals surface area contributed by atoms with E-state index >= 15 is 0 Å². The number of hydrogen-bond acceptors (Lipinski definition) is 3. The van der Waals surface area contributed by atoms with Crippen LogP contribution in [0.4, 0.5) is 11.5 Å². The molecule has 0 spiro atoms. The van der Waals surface area contributed by atoms with Gasteiger partial charge in [-0.05, 0) is 19.1 Å². The number of anilines is 2. The van der Waals surface area contributed by atoms with Crippen LogP contribution in [0.15, 0.2) is 12.1 Å². The monoisotopic (exact) mass is 225 g/mol.